The van der Waals surface area contributed by atoms with Crippen molar-refractivity contribution < 1.29 is 14.3 Å². The normalized spacial score (nSPS) is 11.9. The van der Waals surface area contributed by atoms with Gasteiger partial charge >= 0.3 is 5.97 Å². The Labute approximate surface area is 161 Å². The van der Waals surface area contributed by atoms with Crippen LogP contribution in [-0.4, -0.2) is 30.0 Å². The Kier molecular flexibility index (Phi) is 7.99. The Bertz CT molecular complexity index is 727. The summed E-state index contributed by atoms with van der Waals surface area (Å²) < 4.78 is 5.34. The molecule has 0 aliphatic rings. The SMILES string of the molecule is CC(C)Cc1ccc(C(C)C(=O)OCCCNC(=O)c2cccnc2)cc1. The van der Waals surface area contributed by atoms with Gasteiger partial charge in [0.1, 0.15) is 0 Å². The highest BCUT2D eigenvalue weighted by molar-refractivity contribution is 5.93. The third-order valence-corrected chi connectivity index (χ3v) is 4.25. The van der Waals surface area contributed by atoms with Crippen LogP contribution in [-0.2, 0) is 16.0 Å². The van der Waals surface area contributed by atoms with Gasteiger partial charge < -0.3 is 10.1 Å². The zero-order chi connectivity index (χ0) is 19.6. The Hall–Kier alpha value is -2.69. The number of aromatic nitrogens is 1. The van der Waals surface area contributed by atoms with Crippen molar-refractivity contribution in [3.63, 3.8) is 0 Å². The van der Waals surface area contributed by atoms with Gasteiger partial charge in [0.05, 0.1) is 18.1 Å². The van der Waals surface area contributed by atoms with Crippen molar-refractivity contribution in [3.8, 4) is 0 Å². The molecule has 0 aliphatic heterocycles. The Balaban J connectivity index is 1.69. The Morgan fingerprint density at radius 2 is 1.85 bits per heavy atom. The van der Waals surface area contributed by atoms with Crippen LogP contribution in [0.4, 0.5) is 0 Å². The molecule has 1 amide bonds. The van der Waals surface area contributed by atoms with E-state index in [1.165, 1.54) is 11.8 Å². The molecule has 5 heteroatoms. The molecule has 0 fully saturated rings. The summed E-state index contributed by atoms with van der Waals surface area (Å²) in [7, 11) is 0. The van der Waals surface area contributed by atoms with E-state index in [-0.39, 0.29) is 24.4 Å². The van der Waals surface area contributed by atoms with Crippen molar-refractivity contribution in [2.75, 3.05) is 13.2 Å². The molecule has 2 rings (SSSR count). The van der Waals surface area contributed by atoms with E-state index in [2.05, 4.69) is 36.3 Å². The van der Waals surface area contributed by atoms with Crippen molar-refractivity contribution in [1.82, 2.24) is 10.3 Å². The number of hydrogen-bond donors (Lipinski definition) is 1. The minimum Gasteiger partial charge on any atom is -0.465 e. The third kappa shape index (κ3) is 6.85. The number of amides is 1. The molecule has 0 spiro atoms. The van der Waals surface area contributed by atoms with Crippen LogP contribution in [0, 0.1) is 5.92 Å². The number of carbonyl (C=O) groups is 2. The summed E-state index contributed by atoms with van der Waals surface area (Å²) in [4.78, 5) is 28.0. The number of rotatable bonds is 9. The topological polar surface area (TPSA) is 68.3 Å². The molecule has 0 saturated heterocycles. The van der Waals surface area contributed by atoms with Gasteiger partial charge in [-0.25, -0.2) is 0 Å². The average Bonchev–Trinajstić information content (AvgIpc) is 2.67. The number of benzene rings is 1. The Morgan fingerprint density at radius 1 is 1.11 bits per heavy atom. The quantitative estimate of drug-likeness (QED) is 0.541. The highest BCUT2D eigenvalue weighted by Gasteiger charge is 2.16. The van der Waals surface area contributed by atoms with E-state index in [1.54, 1.807) is 18.3 Å². The predicted octanol–water partition coefficient (Wildman–Crippen LogP) is 3.75. The number of nitrogens with one attached hydrogen (secondary N) is 1. The largest absolute Gasteiger partial charge is 0.465 e. The van der Waals surface area contributed by atoms with Crippen LogP contribution in [0.25, 0.3) is 0 Å². The average molecular weight is 368 g/mol. The molecule has 5 nitrogen and oxygen atoms in total. The number of ether oxygens (including phenoxy) is 1. The zero-order valence-electron chi connectivity index (χ0n) is 16.3. The highest BCUT2D eigenvalue weighted by Crippen LogP contribution is 2.19. The molecule has 0 aliphatic carbocycles. The van der Waals surface area contributed by atoms with Gasteiger partial charge in [0.15, 0.2) is 0 Å². The van der Waals surface area contributed by atoms with E-state index in [0.29, 0.717) is 24.4 Å². The minimum atomic E-state index is -0.303. The molecule has 1 N–H and O–H groups in total. The molecule has 2 aromatic rings. The van der Waals surface area contributed by atoms with Gasteiger partial charge in [-0.2, -0.15) is 0 Å². The van der Waals surface area contributed by atoms with Crippen LogP contribution >= 0.6 is 0 Å². The lowest BCUT2D eigenvalue weighted by Gasteiger charge is -2.13. The monoisotopic (exact) mass is 368 g/mol. The first-order chi connectivity index (χ1) is 13.0. The number of pyridine rings is 1. The molecule has 0 bridgehead atoms. The van der Waals surface area contributed by atoms with Crippen molar-refractivity contribution in [3.05, 3.63) is 65.5 Å². The lowest BCUT2D eigenvalue weighted by molar-refractivity contribution is -0.145. The van der Waals surface area contributed by atoms with Crippen molar-refractivity contribution in [2.45, 2.75) is 39.5 Å². The molecule has 1 heterocycles. The van der Waals surface area contributed by atoms with E-state index in [1.807, 2.05) is 19.1 Å². The zero-order valence-corrected chi connectivity index (χ0v) is 16.3. The van der Waals surface area contributed by atoms with E-state index >= 15 is 0 Å². The summed E-state index contributed by atoms with van der Waals surface area (Å²) in [6, 6.07) is 11.6. The molecule has 27 heavy (non-hydrogen) atoms. The third-order valence-electron chi connectivity index (χ3n) is 4.25. The molecule has 0 radical (unpaired) electrons. The first-order valence-corrected chi connectivity index (χ1v) is 9.41. The van der Waals surface area contributed by atoms with E-state index < -0.39 is 0 Å². The standard InChI is InChI=1S/C22H28N2O3/c1-16(2)14-18-7-9-19(10-8-18)17(3)22(26)27-13-5-12-24-21(25)20-6-4-11-23-15-20/h4,6-11,15-17H,5,12-14H2,1-3H3,(H,24,25). The van der Waals surface area contributed by atoms with Crippen molar-refractivity contribution in [2.24, 2.45) is 5.92 Å². The molecule has 0 saturated carbocycles. The first-order valence-electron chi connectivity index (χ1n) is 9.41. The number of carbonyl (C=O) groups excluding carboxylic acids is 2. The summed E-state index contributed by atoms with van der Waals surface area (Å²) in [5, 5.41) is 2.79. The fourth-order valence-electron chi connectivity index (χ4n) is 2.72. The molecule has 1 atom stereocenters. The maximum Gasteiger partial charge on any atom is 0.313 e. The van der Waals surface area contributed by atoms with E-state index in [4.69, 9.17) is 4.74 Å². The van der Waals surface area contributed by atoms with Crippen molar-refractivity contribution >= 4 is 11.9 Å². The number of nitrogens with zero attached hydrogens (tertiary/aromatic N) is 1. The predicted molar refractivity (Wildman–Crippen MR) is 106 cm³/mol. The molecular weight excluding hydrogens is 340 g/mol. The fraction of sp³-hybridized carbons (Fsp3) is 0.409. The smallest absolute Gasteiger partial charge is 0.313 e. The van der Waals surface area contributed by atoms with Crippen LogP contribution in [0.1, 0.15) is 54.6 Å². The summed E-state index contributed by atoms with van der Waals surface area (Å²) in [5.74, 6) is -0.116. The van der Waals surface area contributed by atoms with Crippen LogP contribution in [0.5, 0.6) is 0 Å². The van der Waals surface area contributed by atoms with E-state index in [0.717, 1.165) is 12.0 Å². The van der Waals surface area contributed by atoms with E-state index in [9.17, 15) is 9.59 Å². The molecule has 144 valence electrons. The highest BCUT2D eigenvalue weighted by atomic mass is 16.5. The van der Waals surface area contributed by atoms with Crippen LogP contribution < -0.4 is 5.32 Å². The van der Waals surface area contributed by atoms with Crippen LogP contribution in [0.2, 0.25) is 0 Å². The van der Waals surface area contributed by atoms with Gasteiger partial charge in [-0.05, 0) is 48.9 Å². The van der Waals surface area contributed by atoms with Crippen LogP contribution in [0.15, 0.2) is 48.8 Å². The van der Waals surface area contributed by atoms with Gasteiger partial charge in [0.25, 0.3) is 5.91 Å². The van der Waals surface area contributed by atoms with Crippen LogP contribution in [0.3, 0.4) is 0 Å². The second kappa shape index (κ2) is 10.5. The summed E-state index contributed by atoms with van der Waals surface area (Å²) >= 11 is 0. The van der Waals surface area contributed by atoms with Gasteiger partial charge in [0.2, 0.25) is 0 Å². The number of hydrogen-bond acceptors (Lipinski definition) is 4. The summed E-state index contributed by atoms with van der Waals surface area (Å²) in [6.07, 6.45) is 4.74. The fourth-order valence-corrected chi connectivity index (χ4v) is 2.72. The number of esters is 1. The lowest BCUT2D eigenvalue weighted by Crippen LogP contribution is -2.26. The Morgan fingerprint density at radius 3 is 2.48 bits per heavy atom. The maximum absolute atomic E-state index is 12.2. The molecular formula is C22H28N2O3. The van der Waals surface area contributed by atoms with Gasteiger partial charge in [-0.1, -0.05) is 38.1 Å². The van der Waals surface area contributed by atoms with Crippen molar-refractivity contribution in [1.29, 1.82) is 0 Å². The minimum absolute atomic E-state index is 0.177. The summed E-state index contributed by atoms with van der Waals surface area (Å²) in [6.45, 7) is 6.95. The molecule has 1 aromatic heterocycles. The lowest BCUT2D eigenvalue weighted by atomic mass is 9.97. The van der Waals surface area contributed by atoms with Gasteiger partial charge in [-0.15, -0.1) is 0 Å². The maximum atomic E-state index is 12.2. The second-order valence-electron chi connectivity index (χ2n) is 7.08. The second-order valence-corrected chi connectivity index (χ2v) is 7.08. The first kappa shape index (κ1) is 20.6. The van der Waals surface area contributed by atoms with Gasteiger partial charge in [0, 0.05) is 18.9 Å². The van der Waals surface area contributed by atoms with Gasteiger partial charge in [-0.3, -0.25) is 14.6 Å². The molecule has 1 unspecified atom stereocenters. The molecule has 1 aromatic carbocycles. The summed E-state index contributed by atoms with van der Waals surface area (Å²) in [5.41, 5.74) is 2.75.